The van der Waals surface area contributed by atoms with Gasteiger partial charge in [0.2, 0.25) is 6.79 Å². The maximum absolute atomic E-state index is 6.24. The van der Waals surface area contributed by atoms with Crippen molar-refractivity contribution in [2.24, 2.45) is 0 Å². The predicted molar refractivity (Wildman–Crippen MR) is 93.2 cm³/mol. The zero-order chi connectivity index (χ0) is 16.5. The lowest BCUT2D eigenvalue weighted by molar-refractivity contribution is 0.174. The largest absolute Gasteiger partial charge is 0.454 e. The first-order chi connectivity index (χ1) is 11.7. The summed E-state index contributed by atoms with van der Waals surface area (Å²) in [7, 11) is 0. The molecule has 1 aromatic heterocycles. The average molecular weight is 360 g/mol. The molecule has 0 saturated heterocycles. The Morgan fingerprint density at radius 3 is 3.00 bits per heavy atom. The minimum atomic E-state index is 0.216. The lowest BCUT2D eigenvalue weighted by atomic mass is 10.2. The zero-order valence-electron chi connectivity index (χ0n) is 12.9. The van der Waals surface area contributed by atoms with Crippen molar-refractivity contribution < 1.29 is 9.47 Å². The van der Waals surface area contributed by atoms with E-state index in [0.29, 0.717) is 22.3 Å². The van der Waals surface area contributed by atoms with Gasteiger partial charge in [-0.2, -0.15) is 0 Å². The first-order valence-corrected chi connectivity index (χ1v) is 8.75. The average Bonchev–Trinajstić information content (AvgIpc) is 3.22. The van der Waals surface area contributed by atoms with Gasteiger partial charge in [-0.1, -0.05) is 41.6 Å². The van der Waals surface area contributed by atoms with E-state index < -0.39 is 0 Å². The number of rotatable bonds is 4. The second-order valence-corrected chi connectivity index (χ2v) is 6.72. The van der Waals surface area contributed by atoms with Crippen LogP contribution >= 0.6 is 23.4 Å². The summed E-state index contributed by atoms with van der Waals surface area (Å²) in [4.78, 5) is 0. The van der Waals surface area contributed by atoms with Crippen LogP contribution in [0.15, 0.2) is 47.9 Å². The normalized spacial score (nSPS) is 12.6. The highest BCUT2D eigenvalue weighted by atomic mass is 35.5. The van der Waals surface area contributed by atoms with Gasteiger partial charge in [-0.05, 0) is 36.2 Å². The number of hydrogen-bond donors (Lipinski definition) is 0. The van der Waals surface area contributed by atoms with Gasteiger partial charge in [0.1, 0.15) is 6.33 Å². The second kappa shape index (κ2) is 6.37. The van der Waals surface area contributed by atoms with Crippen molar-refractivity contribution in [3.63, 3.8) is 0 Å². The first kappa shape index (κ1) is 15.4. The van der Waals surface area contributed by atoms with E-state index in [9.17, 15) is 0 Å². The standard InChI is InChI=1S/C17H14ClN3O2S/c1-11-4-2-3-5-14(11)21-9-19-20-17(21)24-8-12-6-13(18)16-15(7-12)22-10-23-16/h2-7,9H,8,10H2,1H3. The van der Waals surface area contributed by atoms with Crippen LogP contribution in [-0.2, 0) is 5.75 Å². The molecule has 0 amide bonds. The molecule has 24 heavy (non-hydrogen) atoms. The molecule has 0 atom stereocenters. The molecule has 122 valence electrons. The highest BCUT2D eigenvalue weighted by molar-refractivity contribution is 7.98. The predicted octanol–water partition coefficient (Wildman–Crippen LogP) is 4.25. The number of thioether (sulfide) groups is 1. The maximum atomic E-state index is 6.24. The Morgan fingerprint density at radius 2 is 2.12 bits per heavy atom. The molecule has 0 unspecified atom stereocenters. The van der Waals surface area contributed by atoms with Crippen molar-refractivity contribution in [2.75, 3.05) is 6.79 Å². The number of nitrogens with zero attached hydrogens (tertiary/aromatic N) is 3. The van der Waals surface area contributed by atoms with E-state index in [2.05, 4.69) is 29.3 Å². The minimum absolute atomic E-state index is 0.216. The van der Waals surface area contributed by atoms with Gasteiger partial charge in [-0.15, -0.1) is 10.2 Å². The fourth-order valence-electron chi connectivity index (χ4n) is 2.57. The van der Waals surface area contributed by atoms with E-state index in [1.54, 1.807) is 18.1 Å². The summed E-state index contributed by atoms with van der Waals surface area (Å²) in [5.41, 5.74) is 3.30. The van der Waals surface area contributed by atoms with Crippen LogP contribution in [0, 0.1) is 6.92 Å². The van der Waals surface area contributed by atoms with Gasteiger partial charge in [0.05, 0.1) is 10.7 Å². The van der Waals surface area contributed by atoms with Crippen LogP contribution in [-0.4, -0.2) is 21.6 Å². The third kappa shape index (κ3) is 2.83. The molecule has 3 aromatic rings. The number of hydrogen-bond acceptors (Lipinski definition) is 5. The smallest absolute Gasteiger partial charge is 0.231 e. The molecule has 2 aromatic carbocycles. The number of ether oxygens (including phenoxy) is 2. The lowest BCUT2D eigenvalue weighted by Crippen LogP contribution is -1.97. The molecule has 5 nitrogen and oxygen atoms in total. The summed E-state index contributed by atoms with van der Waals surface area (Å²) in [5, 5.41) is 9.68. The number of benzene rings is 2. The van der Waals surface area contributed by atoms with Crippen LogP contribution in [0.5, 0.6) is 11.5 Å². The van der Waals surface area contributed by atoms with Crippen LogP contribution < -0.4 is 9.47 Å². The molecule has 0 radical (unpaired) electrons. The summed E-state index contributed by atoms with van der Waals surface area (Å²) in [6.07, 6.45) is 1.73. The third-order valence-corrected chi connectivity index (χ3v) is 5.04. The molecule has 0 bridgehead atoms. The summed E-state index contributed by atoms with van der Waals surface area (Å²) in [6, 6.07) is 12.0. The maximum Gasteiger partial charge on any atom is 0.231 e. The summed E-state index contributed by atoms with van der Waals surface area (Å²) < 4.78 is 12.7. The molecule has 4 rings (SSSR count). The number of aromatic nitrogens is 3. The minimum Gasteiger partial charge on any atom is -0.454 e. The van der Waals surface area contributed by atoms with Crippen molar-refractivity contribution in [2.45, 2.75) is 17.8 Å². The molecule has 7 heteroatoms. The van der Waals surface area contributed by atoms with Crippen molar-refractivity contribution in [1.29, 1.82) is 0 Å². The molecule has 0 spiro atoms. The summed E-state index contributed by atoms with van der Waals surface area (Å²) >= 11 is 7.83. The van der Waals surface area contributed by atoms with Gasteiger partial charge in [0.15, 0.2) is 16.7 Å². The van der Waals surface area contributed by atoms with E-state index in [-0.39, 0.29) is 6.79 Å². The van der Waals surface area contributed by atoms with Crippen molar-refractivity contribution >= 4 is 23.4 Å². The number of para-hydroxylation sites is 1. The molecule has 0 saturated carbocycles. The van der Waals surface area contributed by atoms with Crippen LogP contribution in [0.2, 0.25) is 5.02 Å². The molecular formula is C17H14ClN3O2S. The number of fused-ring (bicyclic) bond motifs is 1. The molecular weight excluding hydrogens is 346 g/mol. The van der Waals surface area contributed by atoms with Crippen LogP contribution in [0.25, 0.3) is 5.69 Å². The van der Waals surface area contributed by atoms with Crippen LogP contribution in [0.4, 0.5) is 0 Å². The summed E-state index contributed by atoms with van der Waals surface area (Å²) in [6.45, 7) is 2.29. The first-order valence-electron chi connectivity index (χ1n) is 7.39. The topological polar surface area (TPSA) is 49.2 Å². The van der Waals surface area contributed by atoms with Gasteiger partial charge >= 0.3 is 0 Å². The monoisotopic (exact) mass is 359 g/mol. The Balaban J connectivity index is 1.57. The van der Waals surface area contributed by atoms with Crippen LogP contribution in [0.3, 0.4) is 0 Å². The zero-order valence-corrected chi connectivity index (χ0v) is 14.5. The van der Waals surface area contributed by atoms with Gasteiger partial charge in [0, 0.05) is 5.75 Å². The molecule has 0 aliphatic carbocycles. The van der Waals surface area contributed by atoms with Gasteiger partial charge in [0.25, 0.3) is 0 Å². The van der Waals surface area contributed by atoms with Gasteiger partial charge < -0.3 is 9.47 Å². The Labute approximate surface area is 148 Å². The van der Waals surface area contributed by atoms with Gasteiger partial charge in [-0.3, -0.25) is 4.57 Å². The quantitative estimate of drug-likeness (QED) is 0.652. The van der Waals surface area contributed by atoms with Crippen LogP contribution in [0.1, 0.15) is 11.1 Å². The van der Waals surface area contributed by atoms with E-state index in [1.807, 2.05) is 28.8 Å². The summed E-state index contributed by atoms with van der Waals surface area (Å²) in [5.74, 6) is 2.02. The highest BCUT2D eigenvalue weighted by Crippen LogP contribution is 2.40. The molecule has 2 heterocycles. The highest BCUT2D eigenvalue weighted by Gasteiger charge is 2.18. The second-order valence-electron chi connectivity index (χ2n) is 5.37. The SMILES string of the molecule is Cc1ccccc1-n1cnnc1SCc1cc(Cl)c2c(c1)OCO2. The van der Waals surface area contributed by atoms with Crippen molar-refractivity contribution in [1.82, 2.24) is 14.8 Å². The number of halogens is 1. The Hall–Kier alpha value is -2.18. The van der Waals surface area contributed by atoms with Crippen molar-refractivity contribution in [3.8, 4) is 17.2 Å². The van der Waals surface area contributed by atoms with E-state index in [4.69, 9.17) is 21.1 Å². The number of aryl methyl sites for hydroxylation is 1. The van der Waals surface area contributed by atoms with E-state index >= 15 is 0 Å². The Morgan fingerprint density at radius 1 is 1.25 bits per heavy atom. The Kier molecular flexibility index (Phi) is 4.08. The molecule has 0 N–H and O–H groups in total. The van der Waals surface area contributed by atoms with E-state index in [0.717, 1.165) is 16.4 Å². The van der Waals surface area contributed by atoms with Gasteiger partial charge in [-0.25, -0.2) is 0 Å². The Bertz CT molecular complexity index is 897. The fraction of sp³-hybridized carbons (Fsp3) is 0.176. The lowest BCUT2D eigenvalue weighted by Gasteiger charge is -2.09. The van der Waals surface area contributed by atoms with Crippen molar-refractivity contribution in [3.05, 3.63) is 58.9 Å². The molecule has 0 fully saturated rings. The third-order valence-electron chi connectivity index (χ3n) is 3.75. The fourth-order valence-corrected chi connectivity index (χ4v) is 3.71. The van der Waals surface area contributed by atoms with E-state index in [1.165, 1.54) is 5.56 Å². The molecule has 1 aliphatic rings. The molecule has 1 aliphatic heterocycles.